The molecule has 0 saturated carbocycles. The van der Waals surface area contributed by atoms with Crippen LogP contribution in [0.15, 0.2) is 27.6 Å². The fraction of sp³-hybridized carbons (Fsp3) is 0.222. The van der Waals surface area contributed by atoms with Gasteiger partial charge in [-0.1, -0.05) is 0 Å². The number of nitrogens with two attached hydrogens (primary N) is 1. The minimum atomic E-state index is -3.27. The summed E-state index contributed by atoms with van der Waals surface area (Å²) in [6, 6.07) is 4.31. The van der Waals surface area contributed by atoms with Gasteiger partial charge in [-0.2, -0.15) is 0 Å². The van der Waals surface area contributed by atoms with Gasteiger partial charge in [-0.3, -0.25) is 4.79 Å². The zero-order valence-corrected chi connectivity index (χ0v) is 10.4. The maximum Gasteiger partial charge on any atom is 0.176 e. The molecule has 4 nitrogen and oxygen atoms in total. The van der Waals surface area contributed by atoms with Crippen molar-refractivity contribution >= 4 is 31.6 Å². The topological polar surface area (TPSA) is 77.2 Å². The van der Waals surface area contributed by atoms with Gasteiger partial charge < -0.3 is 5.73 Å². The molecule has 0 radical (unpaired) electrons. The second-order valence-electron chi connectivity index (χ2n) is 3.04. The van der Waals surface area contributed by atoms with Crippen LogP contribution >= 0.6 is 15.9 Å². The Hall–Kier alpha value is -0.720. The van der Waals surface area contributed by atoms with Gasteiger partial charge in [0.05, 0.1) is 11.4 Å². The highest BCUT2D eigenvalue weighted by molar-refractivity contribution is 9.10. The van der Waals surface area contributed by atoms with Crippen LogP contribution in [0, 0.1) is 0 Å². The lowest BCUT2D eigenvalue weighted by Crippen LogP contribution is -2.13. The van der Waals surface area contributed by atoms with Crippen molar-refractivity contribution in [1.82, 2.24) is 0 Å². The summed E-state index contributed by atoms with van der Waals surface area (Å²) < 4.78 is 22.9. The van der Waals surface area contributed by atoms with Crippen molar-refractivity contribution < 1.29 is 13.2 Å². The first-order chi connectivity index (χ1) is 6.86. The molecule has 0 bridgehead atoms. The highest BCUT2D eigenvalue weighted by Gasteiger charge is 2.13. The van der Waals surface area contributed by atoms with E-state index in [1.807, 2.05) is 0 Å². The molecular formula is C9H10BrNO3S. The summed E-state index contributed by atoms with van der Waals surface area (Å²) in [7, 11) is -3.27. The second-order valence-corrected chi connectivity index (χ2v) is 5.88. The molecule has 0 unspecified atom stereocenters. The quantitative estimate of drug-likeness (QED) is 0.843. The van der Waals surface area contributed by atoms with E-state index in [0.717, 1.165) is 6.26 Å². The summed E-state index contributed by atoms with van der Waals surface area (Å²) in [5, 5.41) is 0. The fourth-order valence-electron chi connectivity index (χ4n) is 1.09. The summed E-state index contributed by atoms with van der Waals surface area (Å²) in [5.74, 6) is -0.226. The third-order valence-corrected chi connectivity index (χ3v) is 3.91. The normalized spacial score (nSPS) is 11.4. The van der Waals surface area contributed by atoms with Crippen molar-refractivity contribution in [2.24, 2.45) is 5.73 Å². The molecule has 0 saturated heterocycles. The second kappa shape index (κ2) is 4.42. The van der Waals surface area contributed by atoms with Gasteiger partial charge in [0, 0.05) is 16.3 Å². The molecule has 6 heteroatoms. The Morgan fingerprint density at radius 3 is 2.47 bits per heavy atom. The Balaban J connectivity index is 3.27. The van der Waals surface area contributed by atoms with E-state index in [0.29, 0.717) is 10.0 Å². The molecule has 2 N–H and O–H groups in total. The van der Waals surface area contributed by atoms with Crippen LogP contribution in [0.1, 0.15) is 10.4 Å². The highest BCUT2D eigenvalue weighted by atomic mass is 79.9. The van der Waals surface area contributed by atoms with E-state index >= 15 is 0 Å². The average molecular weight is 292 g/mol. The molecule has 0 heterocycles. The maximum atomic E-state index is 11.3. The molecule has 0 fully saturated rings. The van der Waals surface area contributed by atoms with Crippen molar-refractivity contribution in [1.29, 1.82) is 0 Å². The highest BCUT2D eigenvalue weighted by Crippen LogP contribution is 2.23. The number of hydrogen-bond acceptors (Lipinski definition) is 4. The van der Waals surface area contributed by atoms with Crippen LogP contribution in [-0.2, 0) is 9.84 Å². The Labute approximate surface area is 96.5 Å². The van der Waals surface area contributed by atoms with Crippen molar-refractivity contribution in [2.75, 3.05) is 12.8 Å². The molecule has 82 valence electrons. The fourth-order valence-corrected chi connectivity index (χ4v) is 3.08. The Morgan fingerprint density at radius 2 is 2.07 bits per heavy atom. The van der Waals surface area contributed by atoms with E-state index in [4.69, 9.17) is 5.73 Å². The number of benzene rings is 1. The first-order valence-corrected chi connectivity index (χ1v) is 6.77. The van der Waals surface area contributed by atoms with Crippen LogP contribution in [0.5, 0.6) is 0 Å². The number of hydrogen-bond donors (Lipinski definition) is 1. The Morgan fingerprint density at radius 1 is 1.47 bits per heavy atom. The molecule has 0 amide bonds. The SMILES string of the molecule is CS(=O)(=O)c1ccc(C(=O)CN)cc1Br. The van der Waals surface area contributed by atoms with Crippen LogP contribution in [0.25, 0.3) is 0 Å². The van der Waals surface area contributed by atoms with Crippen molar-refractivity contribution in [3.63, 3.8) is 0 Å². The predicted molar refractivity (Wildman–Crippen MR) is 60.6 cm³/mol. The zero-order chi connectivity index (χ0) is 11.6. The smallest absolute Gasteiger partial charge is 0.176 e. The molecule has 0 aliphatic heterocycles. The molecule has 0 spiro atoms. The first-order valence-electron chi connectivity index (χ1n) is 4.09. The Bertz CT molecular complexity index is 496. The summed E-state index contributed by atoms with van der Waals surface area (Å²) >= 11 is 3.11. The van der Waals surface area contributed by atoms with E-state index in [9.17, 15) is 13.2 Å². The van der Waals surface area contributed by atoms with Crippen molar-refractivity contribution in [3.8, 4) is 0 Å². The van der Waals surface area contributed by atoms with Crippen LogP contribution in [0.3, 0.4) is 0 Å². The van der Waals surface area contributed by atoms with Crippen LogP contribution in [0.2, 0.25) is 0 Å². The summed E-state index contributed by atoms with van der Waals surface area (Å²) in [5.41, 5.74) is 5.59. The Kier molecular flexibility index (Phi) is 3.64. The minimum Gasteiger partial charge on any atom is -0.324 e. The van der Waals surface area contributed by atoms with Gasteiger partial charge in [0.25, 0.3) is 0 Å². The summed E-state index contributed by atoms with van der Waals surface area (Å²) in [6.07, 6.45) is 1.11. The van der Waals surface area contributed by atoms with Gasteiger partial charge in [-0.25, -0.2) is 8.42 Å². The maximum absolute atomic E-state index is 11.3. The van der Waals surface area contributed by atoms with E-state index in [1.54, 1.807) is 0 Å². The number of carbonyl (C=O) groups is 1. The molecule has 1 rings (SSSR count). The predicted octanol–water partition coefficient (Wildman–Crippen LogP) is 0.994. The molecule has 0 atom stereocenters. The summed E-state index contributed by atoms with van der Waals surface area (Å²) in [6.45, 7) is -0.0926. The largest absolute Gasteiger partial charge is 0.324 e. The number of rotatable bonds is 3. The number of Topliss-reactive ketones (excluding diaryl/α,β-unsaturated/α-hetero) is 1. The molecule has 0 aliphatic carbocycles. The average Bonchev–Trinajstić information content (AvgIpc) is 2.14. The van der Waals surface area contributed by atoms with Crippen LogP contribution in [0.4, 0.5) is 0 Å². The molecule has 0 aromatic heterocycles. The molecular weight excluding hydrogens is 282 g/mol. The van der Waals surface area contributed by atoms with Gasteiger partial charge in [-0.05, 0) is 34.1 Å². The monoisotopic (exact) mass is 291 g/mol. The third kappa shape index (κ3) is 2.87. The van der Waals surface area contributed by atoms with Crippen LogP contribution in [-0.4, -0.2) is 27.0 Å². The van der Waals surface area contributed by atoms with Gasteiger partial charge in [-0.15, -0.1) is 0 Å². The van der Waals surface area contributed by atoms with Crippen LogP contribution < -0.4 is 5.73 Å². The van der Waals surface area contributed by atoms with Gasteiger partial charge >= 0.3 is 0 Å². The molecule has 1 aromatic carbocycles. The van der Waals surface area contributed by atoms with Gasteiger partial charge in [0.15, 0.2) is 15.6 Å². The lowest BCUT2D eigenvalue weighted by molar-refractivity contribution is 0.100. The third-order valence-electron chi connectivity index (χ3n) is 1.84. The number of ketones is 1. The van der Waals surface area contributed by atoms with Gasteiger partial charge in [0.1, 0.15) is 0 Å². The zero-order valence-electron chi connectivity index (χ0n) is 8.03. The number of halogens is 1. The molecule has 15 heavy (non-hydrogen) atoms. The minimum absolute atomic E-state index is 0.0926. The number of sulfone groups is 1. The molecule has 0 aliphatic rings. The van der Waals surface area contributed by atoms with E-state index < -0.39 is 9.84 Å². The van der Waals surface area contributed by atoms with Crippen molar-refractivity contribution in [3.05, 3.63) is 28.2 Å². The lowest BCUT2D eigenvalue weighted by Gasteiger charge is -2.04. The first kappa shape index (κ1) is 12.4. The standard InChI is InChI=1S/C9H10BrNO3S/c1-15(13,14)9-3-2-6(4-7(9)10)8(12)5-11/h2-4H,5,11H2,1H3. The van der Waals surface area contributed by atoms with E-state index in [1.165, 1.54) is 18.2 Å². The van der Waals surface area contributed by atoms with Gasteiger partial charge in [0.2, 0.25) is 0 Å². The number of carbonyl (C=O) groups excluding carboxylic acids is 1. The van der Waals surface area contributed by atoms with E-state index in [2.05, 4.69) is 15.9 Å². The van der Waals surface area contributed by atoms with E-state index in [-0.39, 0.29) is 17.2 Å². The lowest BCUT2D eigenvalue weighted by atomic mass is 10.1. The van der Waals surface area contributed by atoms with Crippen molar-refractivity contribution in [2.45, 2.75) is 4.90 Å². The molecule has 1 aromatic rings. The summed E-state index contributed by atoms with van der Waals surface area (Å²) in [4.78, 5) is 11.4.